The first-order valence-electron chi connectivity index (χ1n) is 9.44. The predicted octanol–water partition coefficient (Wildman–Crippen LogP) is 4.14. The average Bonchev–Trinajstić information content (AvgIpc) is 2.78. The van der Waals surface area contributed by atoms with E-state index in [2.05, 4.69) is 0 Å². The van der Waals surface area contributed by atoms with Crippen molar-refractivity contribution in [3.05, 3.63) is 101 Å². The lowest BCUT2D eigenvalue weighted by molar-refractivity contribution is -0.108. The topological polar surface area (TPSA) is 83.8 Å². The molecule has 4 rings (SSSR count). The van der Waals surface area contributed by atoms with Crippen LogP contribution in [0.2, 0.25) is 0 Å². The van der Waals surface area contributed by atoms with Gasteiger partial charge in [0, 0.05) is 16.7 Å². The molecule has 0 bridgehead atoms. The Bertz CT molecular complexity index is 1120. The van der Waals surface area contributed by atoms with E-state index < -0.39 is 17.0 Å². The number of rotatable bonds is 6. The summed E-state index contributed by atoms with van der Waals surface area (Å²) in [6, 6.07) is 22.1. The Kier molecular flexibility index (Phi) is 5.90. The first-order valence-corrected chi connectivity index (χ1v) is 10.7. The standard InChI is InChI=1S/C24H20O5S/c25-13-16-5-9-18(10-6-16)23-21(14-26)20-3-1-2-4-22(20)29-24(23)19-11-7-17(8-12-19)15-30(27)28/h1-12,14,21,25H,13,15H2,(H,27,28). The Morgan fingerprint density at radius 1 is 0.900 bits per heavy atom. The molecule has 2 N–H and O–H groups in total. The van der Waals surface area contributed by atoms with E-state index in [9.17, 15) is 14.1 Å². The summed E-state index contributed by atoms with van der Waals surface area (Å²) in [5, 5.41) is 9.35. The van der Waals surface area contributed by atoms with Gasteiger partial charge >= 0.3 is 0 Å². The Hall–Kier alpha value is -3.06. The summed E-state index contributed by atoms with van der Waals surface area (Å²) in [5.41, 5.74) is 4.65. The number of fused-ring (bicyclic) bond motifs is 1. The van der Waals surface area contributed by atoms with Gasteiger partial charge in [-0.25, -0.2) is 4.21 Å². The molecule has 30 heavy (non-hydrogen) atoms. The maximum atomic E-state index is 12.2. The zero-order valence-electron chi connectivity index (χ0n) is 16.0. The van der Waals surface area contributed by atoms with Gasteiger partial charge in [-0.1, -0.05) is 66.7 Å². The van der Waals surface area contributed by atoms with E-state index >= 15 is 0 Å². The predicted molar refractivity (Wildman–Crippen MR) is 116 cm³/mol. The number of hydrogen-bond acceptors (Lipinski definition) is 4. The van der Waals surface area contributed by atoms with Crippen LogP contribution in [0.3, 0.4) is 0 Å². The number of aliphatic hydroxyl groups is 1. The number of para-hydroxylation sites is 1. The van der Waals surface area contributed by atoms with Crippen molar-refractivity contribution in [1.29, 1.82) is 0 Å². The molecule has 0 aliphatic carbocycles. The van der Waals surface area contributed by atoms with Crippen molar-refractivity contribution in [1.82, 2.24) is 0 Å². The Morgan fingerprint density at radius 3 is 2.17 bits per heavy atom. The second-order valence-electron chi connectivity index (χ2n) is 7.01. The molecule has 152 valence electrons. The molecule has 1 heterocycles. The minimum Gasteiger partial charge on any atom is -0.456 e. The van der Waals surface area contributed by atoms with E-state index in [1.165, 1.54) is 0 Å². The molecule has 0 spiro atoms. The van der Waals surface area contributed by atoms with Gasteiger partial charge in [0.05, 0.1) is 18.3 Å². The van der Waals surface area contributed by atoms with Crippen molar-refractivity contribution in [3.63, 3.8) is 0 Å². The SMILES string of the molecule is O=CC1C(c2ccc(CO)cc2)=C(c2ccc(CS(=O)O)cc2)Oc2ccccc21. The summed E-state index contributed by atoms with van der Waals surface area (Å²) in [4.78, 5) is 12.2. The van der Waals surface area contributed by atoms with Gasteiger partial charge in [0.25, 0.3) is 0 Å². The third-order valence-corrected chi connectivity index (χ3v) is 5.69. The molecule has 3 aromatic rings. The lowest BCUT2D eigenvalue weighted by atomic mass is 9.83. The first kappa shape index (κ1) is 20.2. The highest BCUT2D eigenvalue weighted by atomic mass is 32.2. The van der Waals surface area contributed by atoms with Gasteiger partial charge < -0.3 is 19.2 Å². The van der Waals surface area contributed by atoms with Crippen LogP contribution in [0.25, 0.3) is 11.3 Å². The van der Waals surface area contributed by atoms with Crippen LogP contribution in [-0.2, 0) is 28.2 Å². The summed E-state index contributed by atoms with van der Waals surface area (Å²) in [6.07, 6.45) is 0.917. The molecular formula is C24H20O5S. The van der Waals surface area contributed by atoms with Crippen molar-refractivity contribution in [2.24, 2.45) is 0 Å². The van der Waals surface area contributed by atoms with Crippen LogP contribution >= 0.6 is 0 Å². The maximum absolute atomic E-state index is 12.2. The van der Waals surface area contributed by atoms with E-state index in [0.29, 0.717) is 11.5 Å². The van der Waals surface area contributed by atoms with E-state index in [1.54, 1.807) is 12.1 Å². The summed E-state index contributed by atoms with van der Waals surface area (Å²) in [7, 11) is 0. The molecule has 0 saturated heterocycles. The molecule has 3 aromatic carbocycles. The van der Waals surface area contributed by atoms with Crippen LogP contribution < -0.4 is 4.74 Å². The van der Waals surface area contributed by atoms with E-state index in [0.717, 1.165) is 39.7 Å². The molecule has 0 radical (unpaired) electrons. The van der Waals surface area contributed by atoms with Gasteiger partial charge in [-0.3, -0.25) is 0 Å². The monoisotopic (exact) mass is 420 g/mol. The van der Waals surface area contributed by atoms with Crippen molar-refractivity contribution in [2.75, 3.05) is 0 Å². The van der Waals surface area contributed by atoms with Crippen LogP contribution in [0.4, 0.5) is 0 Å². The molecule has 0 aromatic heterocycles. The molecule has 1 aliphatic rings. The number of carbonyl (C=O) groups is 1. The lowest BCUT2D eigenvalue weighted by Gasteiger charge is -2.28. The van der Waals surface area contributed by atoms with Crippen molar-refractivity contribution in [2.45, 2.75) is 18.3 Å². The Morgan fingerprint density at radius 2 is 1.53 bits per heavy atom. The molecule has 2 atom stereocenters. The molecule has 0 saturated carbocycles. The van der Waals surface area contributed by atoms with Crippen molar-refractivity contribution < 1.29 is 23.4 Å². The molecule has 1 aliphatic heterocycles. The normalized spacial score (nSPS) is 16.5. The maximum Gasteiger partial charge on any atom is 0.157 e. The molecule has 2 unspecified atom stereocenters. The fraction of sp³-hybridized carbons (Fsp3) is 0.125. The quantitative estimate of drug-likeness (QED) is 0.462. The molecule has 0 amide bonds. The third kappa shape index (κ3) is 3.98. The van der Waals surface area contributed by atoms with Gasteiger partial charge in [0.15, 0.2) is 11.1 Å². The van der Waals surface area contributed by atoms with Gasteiger partial charge in [0.1, 0.15) is 17.8 Å². The molecule has 0 fully saturated rings. The number of aldehydes is 1. The first-order chi connectivity index (χ1) is 14.6. The highest BCUT2D eigenvalue weighted by Gasteiger charge is 2.31. The Labute approximate surface area is 176 Å². The van der Waals surface area contributed by atoms with E-state index in [4.69, 9.17) is 9.29 Å². The number of benzene rings is 3. The van der Waals surface area contributed by atoms with Gasteiger partial charge in [-0.2, -0.15) is 0 Å². The average molecular weight is 420 g/mol. The van der Waals surface area contributed by atoms with E-state index in [-0.39, 0.29) is 12.4 Å². The highest BCUT2D eigenvalue weighted by molar-refractivity contribution is 7.78. The minimum atomic E-state index is -1.91. The summed E-state index contributed by atoms with van der Waals surface area (Å²) in [5.74, 6) is 0.741. The molecule has 6 heteroatoms. The summed E-state index contributed by atoms with van der Waals surface area (Å²) >= 11 is -1.91. The third-order valence-electron chi connectivity index (χ3n) is 5.11. The number of allylic oxidation sites excluding steroid dienone is 1. The Balaban J connectivity index is 1.87. The largest absolute Gasteiger partial charge is 0.456 e. The van der Waals surface area contributed by atoms with Gasteiger partial charge in [-0.05, 0) is 22.8 Å². The smallest absolute Gasteiger partial charge is 0.157 e. The second-order valence-corrected chi connectivity index (χ2v) is 7.95. The van der Waals surface area contributed by atoms with Crippen molar-refractivity contribution in [3.8, 4) is 5.75 Å². The number of hydrogen-bond donors (Lipinski definition) is 2. The number of ether oxygens (including phenoxy) is 1. The van der Waals surface area contributed by atoms with E-state index in [1.807, 2.05) is 60.7 Å². The summed E-state index contributed by atoms with van der Waals surface area (Å²) in [6.45, 7) is -0.0592. The van der Waals surface area contributed by atoms with Gasteiger partial charge in [0.2, 0.25) is 0 Å². The highest BCUT2D eigenvalue weighted by Crippen LogP contribution is 2.45. The fourth-order valence-electron chi connectivity index (χ4n) is 3.64. The summed E-state index contributed by atoms with van der Waals surface area (Å²) < 4.78 is 26.5. The number of aliphatic hydroxyl groups excluding tert-OH is 1. The van der Waals surface area contributed by atoms with Gasteiger partial charge in [-0.15, -0.1) is 0 Å². The zero-order chi connectivity index (χ0) is 21.1. The van der Waals surface area contributed by atoms with Crippen LogP contribution in [-0.4, -0.2) is 20.2 Å². The van der Waals surface area contributed by atoms with Crippen LogP contribution in [0.5, 0.6) is 5.75 Å². The number of carbonyl (C=O) groups excluding carboxylic acids is 1. The van der Waals surface area contributed by atoms with Crippen LogP contribution in [0.15, 0.2) is 72.8 Å². The van der Waals surface area contributed by atoms with Crippen LogP contribution in [0.1, 0.15) is 33.7 Å². The molecule has 5 nitrogen and oxygen atoms in total. The lowest BCUT2D eigenvalue weighted by Crippen LogP contribution is -2.15. The fourth-order valence-corrected chi connectivity index (χ4v) is 4.12. The molecular weight excluding hydrogens is 400 g/mol. The minimum absolute atomic E-state index is 0.0511. The second kappa shape index (κ2) is 8.75. The van der Waals surface area contributed by atoms with Crippen LogP contribution in [0, 0.1) is 0 Å². The van der Waals surface area contributed by atoms with Crippen molar-refractivity contribution >= 4 is 28.7 Å². The zero-order valence-corrected chi connectivity index (χ0v) is 16.8.